The third-order valence-electron chi connectivity index (χ3n) is 2.48. The van der Waals surface area contributed by atoms with Gasteiger partial charge in [0.2, 0.25) is 5.91 Å². The number of hydrogen-bond acceptors (Lipinski definition) is 2. The fraction of sp³-hybridized carbons (Fsp3) is 0.0909. The van der Waals surface area contributed by atoms with E-state index in [-0.39, 0.29) is 5.91 Å². The summed E-state index contributed by atoms with van der Waals surface area (Å²) >= 11 is 0. The van der Waals surface area contributed by atoms with Crippen molar-refractivity contribution in [3.8, 4) is 0 Å². The van der Waals surface area contributed by atoms with Crippen LogP contribution < -0.4 is 15.9 Å². The van der Waals surface area contributed by atoms with Crippen LogP contribution in [-0.2, 0) is 4.79 Å². The van der Waals surface area contributed by atoms with Crippen LogP contribution in [0.1, 0.15) is 12.0 Å². The Labute approximate surface area is 80.5 Å². The normalized spacial score (nSPS) is 16.4. The van der Waals surface area contributed by atoms with Gasteiger partial charge in [-0.15, -0.1) is 0 Å². The first-order valence-corrected chi connectivity index (χ1v) is 4.52. The molecule has 1 aromatic rings. The van der Waals surface area contributed by atoms with Gasteiger partial charge in [0.05, 0.1) is 11.0 Å². The maximum Gasteiger partial charge on any atom is 0.228 e. The van der Waals surface area contributed by atoms with Gasteiger partial charge in [0, 0.05) is 18.2 Å². The van der Waals surface area contributed by atoms with Crippen molar-refractivity contribution in [1.82, 2.24) is 0 Å². The summed E-state index contributed by atoms with van der Waals surface area (Å²) in [4.78, 5) is 15.4. The van der Waals surface area contributed by atoms with E-state index in [9.17, 15) is 4.79 Å². The Hall–Kier alpha value is -1.90. The molecule has 1 N–H and O–H groups in total. The second-order valence-corrected chi connectivity index (χ2v) is 3.36. The van der Waals surface area contributed by atoms with E-state index in [1.165, 1.54) is 0 Å². The number of nitrogens with zero attached hydrogens (tertiary/aromatic N) is 1. The van der Waals surface area contributed by atoms with E-state index in [0.29, 0.717) is 6.42 Å². The number of rotatable bonds is 0. The minimum Gasteiger partial charge on any atom is -0.325 e. The second-order valence-electron chi connectivity index (χ2n) is 3.36. The predicted octanol–water partition coefficient (Wildman–Crippen LogP) is 0.413. The number of fused-ring (bicyclic) bond motifs is 3. The van der Waals surface area contributed by atoms with Crippen molar-refractivity contribution in [1.29, 1.82) is 0 Å². The predicted molar refractivity (Wildman–Crippen MR) is 54.0 cm³/mol. The third kappa shape index (κ3) is 0.923. The zero-order chi connectivity index (χ0) is 9.54. The first-order valence-electron chi connectivity index (χ1n) is 4.52. The molecule has 0 spiro atoms. The van der Waals surface area contributed by atoms with Crippen molar-refractivity contribution < 1.29 is 4.79 Å². The van der Waals surface area contributed by atoms with Crippen LogP contribution in [0.15, 0.2) is 23.3 Å². The van der Waals surface area contributed by atoms with Crippen LogP contribution in [0.25, 0.3) is 12.2 Å². The Morgan fingerprint density at radius 2 is 2.29 bits per heavy atom. The number of nitrogens with one attached hydrogen (secondary N) is 1. The fourth-order valence-electron chi connectivity index (χ4n) is 1.80. The summed E-state index contributed by atoms with van der Waals surface area (Å²) < 4.78 is 0. The van der Waals surface area contributed by atoms with E-state index in [1.807, 2.05) is 24.3 Å². The summed E-state index contributed by atoms with van der Waals surface area (Å²) in [5.41, 5.74) is 1.92. The lowest BCUT2D eigenvalue weighted by molar-refractivity contribution is -0.115. The molecular weight excluding hydrogens is 176 g/mol. The lowest BCUT2D eigenvalue weighted by Gasteiger charge is -2.12. The first kappa shape index (κ1) is 7.50. The van der Waals surface area contributed by atoms with Crippen LogP contribution in [0.4, 0.5) is 5.69 Å². The van der Waals surface area contributed by atoms with Gasteiger partial charge >= 0.3 is 0 Å². The van der Waals surface area contributed by atoms with E-state index in [2.05, 4.69) is 10.3 Å². The van der Waals surface area contributed by atoms with Crippen molar-refractivity contribution in [2.24, 2.45) is 4.99 Å². The molecular formula is C11H8N2O. The lowest BCUT2D eigenvalue weighted by Crippen LogP contribution is -2.26. The summed E-state index contributed by atoms with van der Waals surface area (Å²) in [5, 5.41) is 4.90. The highest BCUT2D eigenvalue weighted by atomic mass is 16.1. The minimum absolute atomic E-state index is 0.0474. The van der Waals surface area contributed by atoms with Crippen molar-refractivity contribution in [2.45, 2.75) is 6.42 Å². The maximum absolute atomic E-state index is 11.2. The molecule has 0 saturated carbocycles. The van der Waals surface area contributed by atoms with Crippen LogP contribution in [0, 0.1) is 0 Å². The lowest BCUT2D eigenvalue weighted by atomic mass is 10.1. The average Bonchev–Trinajstić information content (AvgIpc) is 2.65. The summed E-state index contributed by atoms with van der Waals surface area (Å²) in [6.45, 7) is 0. The van der Waals surface area contributed by atoms with Crippen LogP contribution in [-0.4, -0.2) is 5.91 Å². The molecule has 3 nitrogen and oxygen atoms in total. The molecule has 2 heterocycles. The Balaban J connectivity index is 2.39. The van der Waals surface area contributed by atoms with E-state index >= 15 is 0 Å². The molecule has 0 saturated heterocycles. The van der Waals surface area contributed by atoms with Gasteiger partial charge in [-0.1, -0.05) is 12.1 Å². The molecule has 0 bridgehead atoms. The zero-order valence-electron chi connectivity index (χ0n) is 7.45. The fourth-order valence-corrected chi connectivity index (χ4v) is 1.80. The Kier molecular flexibility index (Phi) is 1.36. The summed E-state index contributed by atoms with van der Waals surface area (Å²) in [7, 11) is 0. The van der Waals surface area contributed by atoms with E-state index in [1.54, 1.807) is 6.20 Å². The van der Waals surface area contributed by atoms with Crippen molar-refractivity contribution in [3.05, 3.63) is 34.5 Å². The number of amides is 1. The molecule has 0 fully saturated rings. The van der Waals surface area contributed by atoms with E-state index in [0.717, 1.165) is 21.8 Å². The van der Waals surface area contributed by atoms with Gasteiger partial charge in [-0.05, 0) is 17.4 Å². The van der Waals surface area contributed by atoms with E-state index < -0.39 is 0 Å². The van der Waals surface area contributed by atoms with Crippen molar-refractivity contribution >= 4 is 23.7 Å². The summed E-state index contributed by atoms with van der Waals surface area (Å²) in [6, 6.07) is 3.96. The highest BCUT2D eigenvalue weighted by molar-refractivity contribution is 5.98. The summed E-state index contributed by atoms with van der Waals surface area (Å²) in [5.74, 6) is 0.0474. The quantitative estimate of drug-likeness (QED) is 0.623. The average molecular weight is 184 g/mol. The van der Waals surface area contributed by atoms with Crippen molar-refractivity contribution in [2.75, 3.05) is 5.32 Å². The van der Waals surface area contributed by atoms with E-state index in [4.69, 9.17) is 0 Å². The molecule has 0 aromatic heterocycles. The van der Waals surface area contributed by atoms with Gasteiger partial charge in [0.25, 0.3) is 0 Å². The van der Waals surface area contributed by atoms with Gasteiger partial charge in [-0.2, -0.15) is 0 Å². The maximum atomic E-state index is 11.2. The molecule has 0 unspecified atom stereocenters. The van der Waals surface area contributed by atoms with Gasteiger partial charge in [-0.25, -0.2) is 0 Å². The number of hydrogen-bond donors (Lipinski definition) is 1. The molecule has 1 aromatic carbocycles. The molecule has 68 valence electrons. The van der Waals surface area contributed by atoms with Gasteiger partial charge < -0.3 is 5.32 Å². The molecule has 3 rings (SSSR count). The number of carbonyl (C=O) groups excluding carboxylic acids is 1. The second kappa shape index (κ2) is 2.54. The highest BCUT2D eigenvalue weighted by Gasteiger charge is 2.13. The highest BCUT2D eigenvalue weighted by Crippen LogP contribution is 2.14. The van der Waals surface area contributed by atoms with Gasteiger partial charge in [0.1, 0.15) is 0 Å². The molecule has 2 aliphatic rings. The van der Waals surface area contributed by atoms with Crippen LogP contribution in [0.3, 0.4) is 0 Å². The molecule has 1 amide bonds. The van der Waals surface area contributed by atoms with Crippen molar-refractivity contribution in [3.63, 3.8) is 0 Å². The van der Waals surface area contributed by atoms with Gasteiger partial charge in [0.15, 0.2) is 0 Å². The molecule has 0 radical (unpaired) electrons. The Bertz CT molecular complexity index is 570. The smallest absolute Gasteiger partial charge is 0.228 e. The molecule has 14 heavy (non-hydrogen) atoms. The monoisotopic (exact) mass is 184 g/mol. The van der Waals surface area contributed by atoms with Crippen LogP contribution >= 0.6 is 0 Å². The molecule has 0 aliphatic carbocycles. The topological polar surface area (TPSA) is 41.5 Å². The Morgan fingerprint density at radius 3 is 3.21 bits per heavy atom. The number of anilines is 1. The molecule has 0 atom stereocenters. The molecule has 2 aliphatic heterocycles. The van der Waals surface area contributed by atoms with Crippen LogP contribution in [0.2, 0.25) is 0 Å². The summed E-state index contributed by atoms with van der Waals surface area (Å²) in [6.07, 6.45) is 6.09. The SMILES string of the molecule is O=C1CC=c2ccc3c(c2N1)C=CN=3. The minimum atomic E-state index is 0.0474. The zero-order valence-corrected chi connectivity index (χ0v) is 7.45. The standard InChI is InChI=1S/C11H8N2O/c14-10-4-2-7-1-3-9-8(5-6-12-9)11(7)13-10/h1-3,5-6H,4H2,(H,13,14). The molecule has 3 heteroatoms. The number of carbonyl (C=O) groups is 1. The first-order chi connectivity index (χ1) is 6.84. The van der Waals surface area contributed by atoms with Crippen LogP contribution in [0.5, 0.6) is 0 Å². The largest absolute Gasteiger partial charge is 0.325 e. The number of benzene rings is 1. The third-order valence-corrected chi connectivity index (χ3v) is 2.48. The Morgan fingerprint density at radius 1 is 1.36 bits per heavy atom. The van der Waals surface area contributed by atoms with Gasteiger partial charge in [-0.3, -0.25) is 9.79 Å².